The van der Waals surface area contributed by atoms with Crippen molar-refractivity contribution in [2.45, 2.75) is 10.6 Å². The maximum atomic E-state index is 12.2. The number of nitrogens with zero attached hydrogens (tertiary/aromatic N) is 1. The highest BCUT2D eigenvalue weighted by Crippen LogP contribution is 2.24. The molecule has 2 aromatic rings. The molecule has 1 heterocycles. The molecule has 3 nitrogen and oxygen atoms in total. The lowest BCUT2D eigenvalue weighted by Gasteiger charge is -2.07. The number of aromatic nitrogens is 1. The van der Waals surface area contributed by atoms with E-state index < -0.39 is 10.8 Å². The van der Waals surface area contributed by atoms with Crippen LogP contribution in [0.3, 0.4) is 0 Å². The SMILES string of the molecule is Nc1cnccc1S(=O)Cc1cc(Cl)ccc1Cl. The number of hydrogen-bond acceptors (Lipinski definition) is 3. The molecule has 0 bridgehead atoms. The molecular weight excluding hydrogens is 291 g/mol. The van der Waals surface area contributed by atoms with Crippen molar-refractivity contribution >= 4 is 39.7 Å². The average molecular weight is 301 g/mol. The van der Waals surface area contributed by atoms with Gasteiger partial charge in [0.1, 0.15) is 0 Å². The summed E-state index contributed by atoms with van der Waals surface area (Å²) in [5.74, 6) is 0.271. The summed E-state index contributed by atoms with van der Waals surface area (Å²) in [5.41, 5.74) is 6.87. The van der Waals surface area contributed by atoms with Gasteiger partial charge in [0.05, 0.1) is 33.3 Å². The molecule has 1 aromatic heterocycles. The van der Waals surface area contributed by atoms with Gasteiger partial charge in [0.2, 0.25) is 0 Å². The predicted molar refractivity (Wildman–Crippen MR) is 75.2 cm³/mol. The molecule has 0 aliphatic rings. The third-order valence-electron chi connectivity index (χ3n) is 2.35. The number of pyridine rings is 1. The molecule has 2 rings (SSSR count). The lowest BCUT2D eigenvalue weighted by Crippen LogP contribution is -2.01. The van der Waals surface area contributed by atoms with Crippen LogP contribution in [-0.4, -0.2) is 9.19 Å². The summed E-state index contributed by atoms with van der Waals surface area (Å²) in [6, 6.07) is 6.73. The zero-order valence-corrected chi connectivity index (χ0v) is 11.6. The van der Waals surface area contributed by atoms with Gasteiger partial charge < -0.3 is 5.73 Å². The van der Waals surface area contributed by atoms with E-state index in [0.717, 1.165) is 5.56 Å². The first-order valence-electron chi connectivity index (χ1n) is 5.09. The molecule has 18 heavy (non-hydrogen) atoms. The molecule has 0 fully saturated rings. The Labute approximate surface area is 117 Å². The molecular formula is C12H10Cl2N2OS. The Hall–Kier alpha value is -1.10. The van der Waals surface area contributed by atoms with Gasteiger partial charge in [0.25, 0.3) is 0 Å². The zero-order valence-electron chi connectivity index (χ0n) is 9.27. The summed E-state index contributed by atoms with van der Waals surface area (Å²) in [5, 5.41) is 1.11. The van der Waals surface area contributed by atoms with Crippen LogP contribution in [0.15, 0.2) is 41.6 Å². The van der Waals surface area contributed by atoms with Gasteiger partial charge in [-0.15, -0.1) is 0 Å². The number of nitrogens with two attached hydrogens (primary N) is 1. The fourth-order valence-corrected chi connectivity index (χ4v) is 3.14. The van der Waals surface area contributed by atoms with Gasteiger partial charge in [-0.25, -0.2) is 0 Å². The second kappa shape index (κ2) is 5.69. The first-order chi connectivity index (χ1) is 8.58. The van der Waals surface area contributed by atoms with Crippen molar-refractivity contribution in [3.8, 4) is 0 Å². The minimum Gasteiger partial charge on any atom is -0.396 e. The molecule has 0 spiro atoms. The molecule has 0 amide bonds. The molecule has 1 atom stereocenters. The van der Waals surface area contributed by atoms with E-state index in [1.807, 2.05) is 0 Å². The number of nitrogen functional groups attached to an aromatic ring is 1. The number of benzene rings is 1. The van der Waals surface area contributed by atoms with Gasteiger partial charge in [-0.2, -0.15) is 0 Å². The number of anilines is 1. The molecule has 6 heteroatoms. The summed E-state index contributed by atoms with van der Waals surface area (Å²) >= 11 is 11.9. The van der Waals surface area contributed by atoms with Crippen LogP contribution in [0.2, 0.25) is 10.0 Å². The van der Waals surface area contributed by atoms with E-state index in [9.17, 15) is 4.21 Å². The van der Waals surface area contributed by atoms with Crippen molar-refractivity contribution in [1.29, 1.82) is 0 Å². The topological polar surface area (TPSA) is 56.0 Å². The van der Waals surface area contributed by atoms with Gasteiger partial charge >= 0.3 is 0 Å². The molecule has 1 aromatic carbocycles. The highest BCUT2D eigenvalue weighted by Gasteiger charge is 2.11. The van der Waals surface area contributed by atoms with E-state index in [2.05, 4.69) is 4.98 Å². The number of rotatable bonds is 3. The van der Waals surface area contributed by atoms with Crippen molar-refractivity contribution in [1.82, 2.24) is 4.98 Å². The van der Waals surface area contributed by atoms with E-state index in [0.29, 0.717) is 20.6 Å². The fourth-order valence-electron chi connectivity index (χ4n) is 1.47. The lowest BCUT2D eigenvalue weighted by atomic mass is 10.2. The molecule has 0 saturated heterocycles. The van der Waals surface area contributed by atoms with Crippen LogP contribution < -0.4 is 5.73 Å². The van der Waals surface area contributed by atoms with Gasteiger partial charge in [0.15, 0.2) is 0 Å². The van der Waals surface area contributed by atoms with Crippen molar-refractivity contribution in [3.63, 3.8) is 0 Å². The molecule has 0 aliphatic carbocycles. The molecule has 94 valence electrons. The Kier molecular flexibility index (Phi) is 4.22. The standard InChI is InChI=1S/C12H10Cl2N2OS/c13-9-1-2-10(14)8(5-9)7-18(17)12-3-4-16-6-11(12)15/h1-6H,7,15H2. The second-order valence-electron chi connectivity index (χ2n) is 3.64. The Bertz CT molecular complexity index is 604. The van der Waals surface area contributed by atoms with Gasteiger partial charge in [0, 0.05) is 16.2 Å². The fraction of sp³-hybridized carbons (Fsp3) is 0.0833. The van der Waals surface area contributed by atoms with Gasteiger partial charge in [-0.05, 0) is 29.8 Å². The number of hydrogen-bond donors (Lipinski definition) is 1. The molecule has 1 unspecified atom stereocenters. The molecule has 0 saturated carbocycles. The Balaban J connectivity index is 2.27. The first-order valence-corrected chi connectivity index (χ1v) is 7.17. The summed E-state index contributed by atoms with van der Waals surface area (Å²) in [7, 11) is -1.27. The first kappa shape index (κ1) is 13.3. The highest BCUT2D eigenvalue weighted by atomic mass is 35.5. The second-order valence-corrected chi connectivity index (χ2v) is 5.90. The van der Waals surface area contributed by atoms with E-state index in [4.69, 9.17) is 28.9 Å². The van der Waals surface area contributed by atoms with E-state index in [1.165, 1.54) is 6.20 Å². The summed E-state index contributed by atoms with van der Waals surface area (Å²) < 4.78 is 12.2. The summed E-state index contributed by atoms with van der Waals surface area (Å²) in [6.07, 6.45) is 3.04. The van der Waals surface area contributed by atoms with E-state index in [-0.39, 0.29) is 5.75 Å². The van der Waals surface area contributed by atoms with Crippen LogP contribution in [-0.2, 0) is 16.6 Å². The minimum absolute atomic E-state index is 0.271. The third-order valence-corrected chi connectivity index (χ3v) is 4.39. The van der Waals surface area contributed by atoms with Crippen LogP contribution in [0, 0.1) is 0 Å². The van der Waals surface area contributed by atoms with Gasteiger partial charge in [-0.3, -0.25) is 9.19 Å². The van der Waals surface area contributed by atoms with E-state index in [1.54, 1.807) is 30.5 Å². The normalized spacial score (nSPS) is 12.3. The van der Waals surface area contributed by atoms with Crippen LogP contribution in [0.5, 0.6) is 0 Å². The van der Waals surface area contributed by atoms with Crippen molar-refractivity contribution in [2.24, 2.45) is 0 Å². The van der Waals surface area contributed by atoms with Crippen molar-refractivity contribution < 1.29 is 4.21 Å². The van der Waals surface area contributed by atoms with Crippen LogP contribution in [0.25, 0.3) is 0 Å². The maximum absolute atomic E-state index is 12.2. The van der Waals surface area contributed by atoms with Crippen LogP contribution >= 0.6 is 23.2 Å². The predicted octanol–water partition coefficient (Wildman–Crippen LogP) is 3.28. The molecule has 2 N–H and O–H groups in total. The smallest absolute Gasteiger partial charge is 0.0664 e. The van der Waals surface area contributed by atoms with Crippen LogP contribution in [0.4, 0.5) is 5.69 Å². The molecule has 0 radical (unpaired) electrons. The highest BCUT2D eigenvalue weighted by molar-refractivity contribution is 7.84. The molecule has 0 aliphatic heterocycles. The Morgan fingerprint density at radius 3 is 2.78 bits per heavy atom. The average Bonchev–Trinajstić information content (AvgIpc) is 2.34. The maximum Gasteiger partial charge on any atom is 0.0664 e. The summed E-state index contributed by atoms with van der Waals surface area (Å²) in [4.78, 5) is 4.42. The lowest BCUT2D eigenvalue weighted by molar-refractivity contribution is 0.683. The quantitative estimate of drug-likeness (QED) is 0.946. The largest absolute Gasteiger partial charge is 0.396 e. The van der Waals surface area contributed by atoms with Crippen molar-refractivity contribution in [2.75, 3.05) is 5.73 Å². The monoisotopic (exact) mass is 300 g/mol. The van der Waals surface area contributed by atoms with Crippen LogP contribution in [0.1, 0.15) is 5.56 Å². The summed E-state index contributed by atoms with van der Waals surface area (Å²) in [6.45, 7) is 0. The third kappa shape index (κ3) is 3.02. The Morgan fingerprint density at radius 1 is 1.28 bits per heavy atom. The van der Waals surface area contributed by atoms with E-state index >= 15 is 0 Å². The zero-order chi connectivity index (χ0) is 13.1. The Morgan fingerprint density at radius 2 is 2.06 bits per heavy atom. The number of halogens is 2. The minimum atomic E-state index is -1.27. The van der Waals surface area contributed by atoms with Gasteiger partial charge in [-0.1, -0.05) is 23.2 Å². The van der Waals surface area contributed by atoms with Crippen molar-refractivity contribution in [3.05, 3.63) is 52.3 Å².